The molecule has 0 fully saturated rings. The second-order valence-electron chi connectivity index (χ2n) is 8.54. The molecule has 0 saturated heterocycles. The molecular weight excluding hydrogens is 300 g/mol. The van der Waals surface area contributed by atoms with Crippen LogP contribution in [0.15, 0.2) is 0 Å². The summed E-state index contributed by atoms with van der Waals surface area (Å²) in [6.07, 6.45) is 28.5. The van der Waals surface area contributed by atoms with E-state index in [4.69, 9.17) is 0 Å². The minimum absolute atomic E-state index is 0.831. The van der Waals surface area contributed by atoms with Gasteiger partial charge in [0, 0.05) is 0 Å². The number of hydrogen-bond donors (Lipinski definition) is 0. The third-order valence-electron chi connectivity index (χ3n) is 5.72. The first-order valence-corrected chi connectivity index (χ1v) is 12.1. The van der Waals surface area contributed by atoms with E-state index in [0.29, 0.717) is 0 Å². The van der Waals surface area contributed by atoms with Crippen LogP contribution in [0.5, 0.6) is 0 Å². The number of rotatable bonds is 20. The van der Waals surface area contributed by atoms with Gasteiger partial charge in [-0.1, -0.05) is 143 Å². The Hall–Kier alpha value is 0. The molecule has 0 amide bonds. The first-order valence-electron chi connectivity index (χ1n) is 12.1. The van der Waals surface area contributed by atoms with Gasteiger partial charge in [-0.25, -0.2) is 0 Å². The maximum atomic E-state index is 2.75. The van der Waals surface area contributed by atoms with E-state index in [9.17, 15) is 0 Å². The summed E-state index contributed by atoms with van der Waals surface area (Å²) in [6.45, 7) is 9.41. The number of unbranched alkanes of at least 4 members (excludes halogenated alkanes) is 12. The van der Waals surface area contributed by atoms with Gasteiger partial charge in [0.25, 0.3) is 0 Å². The molecule has 0 aromatic rings. The predicted molar refractivity (Wildman–Crippen MR) is 117 cm³/mol. The Balaban J connectivity index is 3.95. The summed E-state index contributed by atoms with van der Waals surface area (Å²) >= 11 is 0. The molecule has 0 heterocycles. The second-order valence-corrected chi connectivity index (χ2v) is 8.54. The van der Waals surface area contributed by atoms with Crippen molar-refractivity contribution in [3.05, 3.63) is 6.42 Å². The van der Waals surface area contributed by atoms with Gasteiger partial charge in [0.1, 0.15) is 0 Å². The minimum Gasteiger partial charge on any atom is -0.0654 e. The summed E-state index contributed by atoms with van der Waals surface area (Å²) in [5, 5.41) is 0. The van der Waals surface area contributed by atoms with Crippen molar-refractivity contribution in [3.63, 3.8) is 0 Å². The number of hydrogen-bond acceptors (Lipinski definition) is 0. The van der Waals surface area contributed by atoms with E-state index in [1.807, 2.05) is 0 Å². The molecule has 0 heteroatoms. The Bertz CT molecular complexity index is 218. The van der Waals surface area contributed by atoms with Crippen molar-refractivity contribution in [2.24, 2.45) is 11.8 Å². The monoisotopic (exact) mass is 351 g/mol. The van der Waals surface area contributed by atoms with E-state index in [2.05, 4.69) is 34.1 Å². The lowest BCUT2D eigenvalue weighted by Gasteiger charge is -2.21. The SMILES string of the molecule is CCCCCCCC(C)[CH]C(CCCCCCC)CCCCCCC. The highest BCUT2D eigenvalue weighted by atomic mass is 14.2. The first kappa shape index (κ1) is 25.0. The molecule has 0 aromatic carbocycles. The van der Waals surface area contributed by atoms with Crippen LogP contribution in [-0.4, -0.2) is 0 Å². The molecular formula is C25H51. The topological polar surface area (TPSA) is 0 Å². The molecule has 151 valence electrons. The predicted octanol–water partition coefficient (Wildman–Crippen LogP) is 9.52. The molecule has 0 aliphatic heterocycles. The fraction of sp³-hybridized carbons (Fsp3) is 0.960. The lowest BCUT2D eigenvalue weighted by molar-refractivity contribution is 0.397. The Labute approximate surface area is 161 Å². The van der Waals surface area contributed by atoms with Gasteiger partial charge < -0.3 is 0 Å². The van der Waals surface area contributed by atoms with Crippen LogP contribution >= 0.6 is 0 Å². The van der Waals surface area contributed by atoms with Gasteiger partial charge in [-0.15, -0.1) is 0 Å². The zero-order valence-electron chi connectivity index (χ0n) is 18.5. The van der Waals surface area contributed by atoms with Crippen LogP contribution in [0.2, 0.25) is 0 Å². The van der Waals surface area contributed by atoms with Gasteiger partial charge in [-0.05, 0) is 18.3 Å². The third kappa shape index (κ3) is 18.6. The van der Waals surface area contributed by atoms with E-state index >= 15 is 0 Å². The molecule has 25 heavy (non-hydrogen) atoms. The molecule has 1 unspecified atom stereocenters. The molecule has 0 saturated carbocycles. The van der Waals surface area contributed by atoms with Crippen molar-refractivity contribution in [3.8, 4) is 0 Å². The fourth-order valence-corrected chi connectivity index (χ4v) is 3.99. The molecule has 0 aromatic heterocycles. The largest absolute Gasteiger partial charge is 0.0654 e. The van der Waals surface area contributed by atoms with Crippen molar-refractivity contribution in [1.29, 1.82) is 0 Å². The molecule has 0 bridgehead atoms. The minimum atomic E-state index is 0.831. The maximum Gasteiger partial charge on any atom is -0.0326 e. The molecule has 0 nitrogen and oxygen atoms in total. The van der Waals surface area contributed by atoms with E-state index in [-0.39, 0.29) is 0 Å². The summed E-state index contributed by atoms with van der Waals surface area (Å²) < 4.78 is 0. The molecule has 0 N–H and O–H groups in total. The van der Waals surface area contributed by atoms with Crippen molar-refractivity contribution in [1.82, 2.24) is 0 Å². The van der Waals surface area contributed by atoms with Gasteiger partial charge in [0.2, 0.25) is 0 Å². The van der Waals surface area contributed by atoms with Crippen LogP contribution < -0.4 is 0 Å². The van der Waals surface area contributed by atoms with Crippen LogP contribution in [-0.2, 0) is 0 Å². The molecule has 0 aliphatic rings. The lowest BCUT2D eigenvalue weighted by Crippen LogP contribution is -2.09. The second kappa shape index (κ2) is 20.3. The summed E-state index contributed by atoms with van der Waals surface area (Å²) in [5.41, 5.74) is 0. The van der Waals surface area contributed by atoms with Gasteiger partial charge >= 0.3 is 0 Å². The Morgan fingerprint density at radius 1 is 0.480 bits per heavy atom. The highest BCUT2D eigenvalue weighted by Gasteiger charge is 2.13. The average molecular weight is 352 g/mol. The Morgan fingerprint density at radius 3 is 1.24 bits per heavy atom. The van der Waals surface area contributed by atoms with Crippen LogP contribution in [0.3, 0.4) is 0 Å². The van der Waals surface area contributed by atoms with Crippen LogP contribution in [0, 0.1) is 18.3 Å². The third-order valence-corrected chi connectivity index (χ3v) is 5.72. The smallest absolute Gasteiger partial charge is 0.0326 e. The Kier molecular flexibility index (Phi) is 20.3. The van der Waals surface area contributed by atoms with Crippen LogP contribution in [0.25, 0.3) is 0 Å². The van der Waals surface area contributed by atoms with Gasteiger partial charge in [0.05, 0.1) is 0 Å². The van der Waals surface area contributed by atoms with E-state index in [1.54, 1.807) is 0 Å². The molecule has 1 radical (unpaired) electrons. The standard InChI is InChI=1S/C25H51/c1-5-8-11-14-17-20-24(4)23-25(21-18-15-12-9-6-2)22-19-16-13-10-7-3/h23-25H,5-22H2,1-4H3. The molecule has 0 aliphatic carbocycles. The summed E-state index contributed by atoms with van der Waals surface area (Å²) in [7, 11) is 0. The molecule has 0 rings (SSSR count). The first-order chi connectivity index (χ1) is 12.2. The van der Waals surface area contributed by atoms with Crippen molar-refractivity contribution in [2.75, 3.05) is 0 Å². The van der Waals surface area contributed by atoms with E-state index < -0.39 is 0 Å². The van der Waals surface area contributed by atoms with Crippen molar-refractivity contribution < 1.29 is 0 Å². The van der Waals surface area contributed by atoms with E-state index in [0.717, 1.165) is 11.8 Å². The van der Waals surface area contributed by atoms with Gasteiger partial charge in [-0.3, -0.25) is 0 Å². The van der Waals surface area contributed by atoms with Crippen LogP contribution in [0.1, 0.15) is 143 Å². The normalized spacial score (nSPS) is 12.8. The molecule has 0 spiro atoms. The lowest BCUT2D eigenvalue weighted by atomic mass is 9.85. The van der Waals surface area contributed by atoms with Crippen molar-refractivity contribution in [2.45, 2.75) is 143 Å². The Morgan fingerprint density at radius 2 is 0.840 bits per heavy atom. The highest BCUT2D eigenvalue weighted by Crippen LogP contribution is 2.26. The highest BCUT2D eigenvalue weighted by molar-refractivity contribution is 4.81. The van der Waals surface area contributed by atoms with Crippen molar-refractivity contribution >= 4 is 0 Å². The maximum absolute atomic E-state index is 2.75. The average Bonchev–Trinajstić information content (AvgIpc) is 2.61. The van der Waals surface area contributed by atoms with E-state index in [1.165, 1.54) is 116 Å². The zero-order valence-corrected chi connectivity index (χ0v) is 18.5. The van der Waals surface area contributed by atoms with Gasteiger partial charge in [-0.2, -0.15) is 0 Å². The molecule has 1 atom stereocenters. The van der Waals surface area contributed by atoms with Crippen LogP contribution in [0.4, 0.5) is 0 Å². The van der Waals surface area contributed by atoms with Gasteiger partial charge in [0.15, 0.2) is 0 Å². The fourth-order valence-electron chi connectivity index (χ4n) is 3.99. The summed E-state index contributed by atoms with van der Waals surface area (Å²) in [5.74, 6) is 1.73. The quantitative estimate of drug-likeness (QED) is 0.191. The zero-order chi connectivity index (χ0) is 18.6. The summed E-state index contributed by atoms with van der Waals surface area (Å²) in [6, 6.07) is 0. The summed E-state index contributed by atoms with van der Waals surface area (Å²) in [4.78, 5) is 0.